The molecule has 0 saturated carbocycles. The fourth-order valence-electron chi connectivity index (χ4n) is 6.67. The Morgan fingerprint density at radius 3 is 2.67 bits per heavy atom. The summed E-state index contributed by atoms with van der Waals surface area (Å²) in [6.07, 6.45) is 6.09. The summed E-state index contributed by atoms with van der Waals surface area (Å²) in [7, 11) is -4.22. The van der Waals surface area contributed by atoms with Crippen molar-refractivity contribution in [1.29, 1.82) is 0 Å². The molecule has 4 N–H and O–H groups in total. The number of carbonyl (C=O) groups is 3. The minimum atomic E-state index is -4.22. The van der Waals surface area contributed by atoms with E-state index in [9.17, 15) is 33.5 Å². The summed E-state index contributed by atoms with van der Waals surface area (Å²) in [5, 5.41) is 3.61. The number of benzene rings is 1. The third-order valence-electron chi connectivity index (χ3n) is 8.86. The molecule has 3 saturated heterocycles. The molecule has 3 aliphatic rings. The summed E-state index contributed by atoms with van der Waals surface area (Å²) in [6, 6.07) is 6.82. The minimum absolute atomic E-state index is 0.0345. The first-order valence-electron chi connectivity index (χ1n) is 14.1. The van der Waals surface area contributed by atoms with E-state index in [1.165, 1.54) is 17.4 Å². The Morgan fingerprint density at radius 2 is 1.93 bits per heavy atom. The smallest absolute Gasteiger partial charge is 0.329 e. The van der Waals surface area contributed by atoms with Crippen molar-refractivity contribution in [3.05, 3.63) is 69.0 Å². The number of likely N-dealkylation sites (tertiary alicyclic amines) is 1. The van der Waals surface area contributed by atoms with E-state index in [1.807, 2.05) is 6.92 Å². The highest BCUT2D eigenvalue weighted by atomic mass is 32.1. The Balaban J connectivity index is 1.16. The van der Waals surface area contributed by atoms with Crippen LogP contribution >= 0.6 is 18.9 Å². The molecule has 0 spiro atoms. The molecule has 3 fully saturated rings. The van der Waals surface area contributed by atoms with E-state index in [0.717, 1.165) is 17.5 Å². The van der Waals surface area contributed by atoms with E-state index < -0.39 is 31.1 Å². The maximum Gasteiger partial charge on any atom is 0.329 e. The number of nitrogens with one attached hydrogen (secondary N) is 2. The molecule has 222 valence electrons. The predicted molar refractivity (Wildman–Crippen MR) is 157 cm³/mol. The van der Waals surface area contributed by atoms with Crippen LogP contribution < -0.4 is 10.7 Å². The number of hydrogen-bond acceptors (Lipinski definition) is 6. The zero-order chi connectivity index (χ0) is 29.8. The summed E-state index contributed by atoms with van der Waals surface area (Å²) < 4.78 is 12.2. The van der Waals surface area contributed by atoms with Gasteiger partial charge in [-0.05, 0) is 68.2 Å². The van der Waals surface area contributed by atoms with Crippen LogP contribution in [0.3, 0.4) is 0 Å². The molecule has 0 unspecified atom stereocenters. The summed E-state index contributed by atoms with van der Waals surface area (Å²) in [4.78, 5) is 78.4. The molecule has 42 heavy (non-hydrogen) atoms. The lowest BCUT2D eigenvalue weighted by Crippen LogP contribution is -2.61. The van der Waals surface area contributed by atoms with Gasteiger partial charge in [-0.3, -0.25) is 23.7 Å². The van der Waals surface area contributed by atoms with E-state index in [0.29, 0.717) is 53.7 Å². The van der Waals surface area contributed by atoms with Gasteiger partial charge >= 0.3 is 7.60 Å². The van der Waals surface area contributed by atoms with Crippen molar-refractivity contribution in [3.8, 4) is 0 Å². The van der Waals surface area contributed by atoms with Crippen molar-refractivity contribution < 1.29 is 28.7 Å². The molecule has 0 aliphatic carbocycles. The second kappa shape index (κ2) is 10.8. The molecule has 11 nitrogen and oxygen atoms in total. The second-order valence-corrected chi connectivity index (χ2v) is 14.6. The molecule has 0 radical (unpaired) electrons. The molecule has 6 rings (SSSR count). The zero-order valence-corrected chi connectivity index (χ0v) is 24.8. The number of fused-ring (bicyclic) bond motifs is 2. The highest BCUT2D eigenvalue weighted by molar-refractivity contribution is 7.50. The summed E-state index contributed by atoms with van der Waals surface area (Å²) in [6.45, 7) is 2.89. The quantitative estimate of drug-likeness (QED) is 0.312. The van der Waals surface area contributed by atoms with E-state index in [4.69, 9.17) is 0 Å². The van der Waals surface area contributed by atoms with Gasteiger partial charge in [-0.15, -0.1) is 11.3 Å². The number of thiophene rings is 1. The number of H-pyrrole nitrogens is 1. The van der Waals surface area contributed by atoms with Crippen LogP contribution in [0.2, 0.25) is 0 Å². The van der Waals surface area contributed by atoms with Crippen LogP contribution in [0.5, 0.6) is 0 Å². The molecule has 3 atom stereocenters. The molecule has 5 heterocycles. The standard InChI is InChI=1S/C29H33N4O7PS/c1-29-8-2-3-21(31-26(35)25-12-18-11-17(16-41(38,39)40)4-5-24(18)42-25)27(36)33(29)22(6-9-29)28(37)32-14-19(15-32)20-13-30-10-7-23(20)34/h4-5,7,10-13,19,21-22H,2-3,6,8-9,14-16H2,1H3,(H,30,34)(H,31,35)(H2,38,39,40)/t21-,22-,29-/m0/s1. The average Bonchev–Trinajstić information content (AvgIpc) is 3.45. The fraction of sp³-hybridized carbons (Fsp3) is 0.448. The molecule has 2 aromatic heterocycles. The van der Waals surface area contributed by atoms with Crippen LogP contribution in [0.25, 0.3) is 10.1 Å². The molecule has 0 bridgehead atoms. The maximum absolute atomic E-state index is 13.9. The molecule has 3 amide bonds. The van der Waals surface area contributed by atoms with Crippen LogP contribution in [0, 0.1) is 0 Å². The van der Waals surface area contributed by atoms with Crippen molar-refractivity contribution in [2.24, 2.45) is 0 Å². The van der Waals surface area contributed by atoms with E-state index >= 15 is 0 Å². The van der Waals surface area contributed by atoms with Gasteiger partial charge in [0.1, 0.15) is 12.1 Å². The van der Waals surface area contributed by atoms with E-state index in [-0.39, 0.29) is 29.3 Å². The van der Waals surface area contributed by atoms with Gasteiger partial charge in [-0.2, -0.15) is 0 Å². The number of hydrogen-bond donors (Lipinski definition) is 4. The fourth-order valence-corrected chi connectivity index (χ4v) is 8.29. The van der Waals surface area contributed by atoms with Gasteiger partial charge in [-0.25, -0.2) is 0 Å². The highest BCUT2D eigenvalue weighted by Crippen LogP contribution is 2.43. The number of rotatable bonds is 6. The molecular weight excluding hydrogens is 579 g/mol. The topological polar surface area (TPSA) is 160 Å². The predicted octanol–water partition coefficient (Wildman–Crippen LogP) is 2.93. The molecular formula is C29H33N4O7PS. The van der Waals surface area contributed by atoms with E-state index in [1.54, 1.807) is 46.5 Å². The Kier molecular flexibility index (Phi) is 7.37. The lowest BCUT2D eigenvalue weighted by atomic mass is 9.91. The third kappa shape index (κ3) is 5.44. The first kappa shape index (κ1) is 28.8. The monoisotopic (exact) mass is 612 g/mol. The van der Waals surface area contributed by atoms with Crippen molar-refractivity contribution in [2.75, 3.05) is 13.1 Å². The SMILES string of the molecule is C[C@@]12CCC[C@H](NC(=O)c3cc4cc(CP(=O)(O)O)ccc4s3)C(=O)N1[C@H](C(=O)N1CC(c3c[nH]ccc3=O)C1)CC2. The number of nitrogens with zero attached hydrogens (tertiary/aromatic N) is 2. The number of carbonyl (C=O) groups excluding carboxylic acids is 3. The number of pyridine rings is 1. The van der Waals surface area contributed by atoms with Crippen LogP contribution in [-0.2, 0) is 20.3 Å². The Bertz CT molecular complexity index is 1680. The van der Waals surface area contributed by atoms with Crippen LogP contribution in [-0.4, -0.2) is 73.0 Å². The maximum atomic E-state index is 13.9. The number of aromatic nitrogens is 1. The molecule has 13 heteroatoms. The summed E-state index contributed by atoms with van der Waals surface area (Å²) >= 11 is 1.25. The van der Waals surface area contributed by atoms with Gasteiger partial charge in [0.15, 0.2) is 5.43 Å². The van der Waals surface area contributed by atoms with Crippen molar-refractivity contribution >= 4 is 46.7 Å². The lowest BCUT2D eigenvalue weighted by Gasteiger charge is -2.44. The van der Waals surface area contributed by atoms with Gasteiger partial charge in [0.2, 0.25) is 11.8 Å². The van der Waals surface area contributed by atoms with Crippen LogP contribution in [0.1, 0.15) is 65.7 Å². The Morgan fingerprint density at radius 1 is 1.14 bits per heavy atom. The van der Waals surface area contributed by atoms with Gasteiger partial charge < -0.3 is 29.9 Å². The van der Waals surface area contributed by atoms with Crippen molar-refractivity contribution in [1.82, 2.24) is 20.1 Å². The number of amides is 3. The van der Waals surface area contributed by atoms with E-state index in [2.05, 4.69) is 10.3 Å². The highest BCUT2D eigenvalue weighted by Gasteiger charge is 2.53. The number of aromatic amines is 1. The van der Waals surface area contributed by atoms with Crippen LogP contribution in [0.4, 0.5) is 0 Å². The van der Waals surface area contributed by atoms with Gasteiger partial charge in [0, 0.05) is 53.3 Å². The average molecular weight is 613 g/mol. The first-order valence-corrected chi connectivity index (χ1v) is 16.7. The molecule has 1 aromatic carbocycles. The lowest BCUT2D eigenvalue weighted by molar-refractivity contribution is -0.151. The van der Waals surface area contributed by atoms with Gasteiger partial charge in [0.05, 0.1) is 11.0 Å². The molecule has 3 aliphatic heterocycles. The Hall–Kier alpha value is -3.31. The second-order valence-electron chi connectivity index (χ2n) is 11.9. The largest absolute Gasteiger partial charge is 0.367 e. The first-order chi connectivity index (χ1) is 19.9. The van der Waals surface area contributed by atoms with Gasteiger partial charge in [-0.1, -0.05) is 6.07 Å². The van der Waals surface area contributed by atoms with Crippen molar-refractivity contribution in [2.45, 2.75) is 68.7 Å². The Labute approximate surface area is 246 Å². The van der Waals surface area contributed by atoms with Crippen molar-refractivity contribution in [3.63, 3.8) is 0 Å². The summed E-state index contributed by atoms with van der Waals surface area (Å²) in [5.74, 6) is -0.790. The molecule has 3 aromatic rings. The minimum Gasteiger partial charge on any atom is -0.367 e. The third-order valence-corrected chi connectivity index (χ3v) is 10.8. The van der Waals surface area contributed by atoms with Crippen LogP contribution in [0.15, 0.2) is 47.5 Å². The van der Waals surface area contributed by atoms with Gasteiger partial charge in [0.25, 0.3) is 5.91 Å². The normalized spacial score (nSPS) is 24.8. The summed E-state index contributed by atoms with van der Waals surface area (Å²) in [5.41, 5.74) is 0.615. The zero-order valence-electron chi connectivity index (χ0n) is 23.1.